The van der Waals surface area contributed by atoms with Crippen LogP contribution in [0.1, 0.15) is 52.6 Å². The number of aliphatic imine (C=N–C) groups is 1. The Morgan fingerprint density at radius 1 is 1.03 bits per heavy atom. The third kappa shape index (κ3) is 4.43. The van der Waals surface area contributed by atoms with Gasteiger partial charge in [-0.25, -0.2) is 0 Å². The summed E-state index contributed by atoms with van der Waals surface area (Å²) in [5, 5.41) is 10.4. The smallest absolute Gasteiger partial charge is 0.160 e. The summed E-state index contributed by atoms with van der Waals surface area (Å²) in [6, 6.07) is 18.9. The van der Waals surface area contributed by atoms with Crippen molar-refractivity contribution in [1.29, 1.82) is 0 Å². The number of benzene rings is 2. The second kappa shape index (κ2) is 9.08. The van der Waals surface area contributed by atoms with Gasteiger partial charge in [0.15, 0.2) is 5.82 Å². The summed E-state index contributed by atoms with van der Waals surface area (Å²) in [7, 11) is 0. The van der Waals surface area contributed by atoms with E-state index in [9.17, 15) is 0 Å². The van der Waals surface area contributed by atoms with Crippen LogP contribution in [0.5, 0.6) is 0 Å². The summed E-state index contributed by atoms with van der Waals surface area (Å²) < 4.78 is 2.12. The molecule has 33 heavy (non-hydrogen) atoms. The van der Waals surface area contributed by atoms with E-state index in [-0.39, 0.29) is 0 Å². The average molecular weight is 473 g/mol. The van der Waals surface area contributed by atoms with E-state index in [2.05, 4.69) is 71.1 Å². The number of fused-ring (bicyclic) bond motifs is 3. The molecule has 6 heteroatoms. The molecule has 0 amide bonds. The van der Waals surface area contributed by atoms with Crippen molar-refractivity contribution in [3.63, 3.8) is 0 Å². The van der Waals surface area contributed by atoms with Crippen LogP contribution < -0.4 is 0 Å². The predicted octanol–water partition coefficient (Wildman–Crippen LogP) is 7.01. The molecule has 0 aliphatic carbocycles. The first-order chi connectivity index (χ1) is 16.0. The van der Waals surface area contributed by atoms with Crippen molar-refractivity contribution >= 4 is 40.8 Å². The molecule has 0 unspecified atom stereocenters. The van der Waals surface area contributed by atoms with E-state index in [4.69, 9.17) is 16.6 Å². The molecule has 0 spiro atoms. The molecule has 0 fully saturated rings. The monoisotopic (exact) mass is 472 g/mol. The fourth-order valence-electron chi connectivity index (χ4n) is 4.12. The molecule has 4 aromatic rings. The number of thiophene rings is 1. The molecular formula is C27H25ClN4S. The number of halogens is 1. The number of rotatable bonds is 5. The van der Waals surface area contributed by atoms with Crippen LogP contribution in [-0.2, 0) is 13.0 Å². The molecule has 0 saturated carbocycles. The number of aromatic nitrogens is 3. The van der Waals surface area contributed by atoms with Crippen molar-refractivity contribution in [2.24, 2.45) is 10.9 Å². The van der Waals surface area contributed by atoms with Crippen LogP contribution in [0.3, 0.4) is 0 Å². The Hall–Kier alpha value is -3.02. The summed E-state index contributed by atoms with van der Waals surface area (Å²) in [5.41, 5.74) is 5.45. The Morgan fingerprint density at radius 3 is 2.58 bits per heavy atom. The van der Waals surface area contributed by atoms with Crippen LogP contribution in [0.25, 0.3) is 17.2 Å². The second-order valence-corrected chi connectivity index (χ2v) is 10.2. The largest absolute Gasteiger partial charge is 0.276 e. The van der Waals surface area contributed by atoms with Gasteiger partial charge in [-0.15, -0.1) is 21.5 Å². The summed E-state index contributed by atoms with van der Waals surface area (Å²) in [6.45, 7) is 6.95. The fourth-order valence-corrected chi connectivity index (χ4v) is 5.48. The molecule has 3 heterocycles. The van der Waals surface area contributed by atoms with Gasteiger partial charge in [0.2, 0.25) is 0 Å². The van der Waals surface area contributed by atoms with Gasteiger partial charge < -0.3 is 0 Å². The lowest BCUT2D eigenvalue weighted by Crippen LogP contribution is -2.05. The highest BCUT2D eigenvalue weighted by Gasteiger charge is 2.25. The van der Waals surface area contributed by atoms with Gasteiger partial charge in [-0.3, -0.25) is 9.56 Å². The molecule has 0 saturated heterocycles. The number of hydrogen-bond donors (Lipinski definition) is 0. The molecule has 5 rings (SSSR count). The maximum atomic E-state index is 6.56. The standard InChI is InChI=1S/C27H25ClN4S/c1-17(2)14-20-10-8-19(9-11-20)12-13-21-15-23-26(22-6-4-5-7-24(22)28)29-16-25-31-30-18(3)32(25)27(23)33-21/h4-13,15,17H,14,16H2,1-3H3/b13-12+. The van der Waals surface area contributed by atoms with Crippen LogP contribution in [0.2, 0.25) is 5.02 Å². The van der Waals surface area contributed by atoms with Crippen molar-refractivity contribution in [2.75, 3.05) is 0 Å². The second-order valence-electron chi connectivity index (χ2n) is 8.68. The summed E-state index contributed by atoms with van der Waals surface area (Å²) >= 11 is 8.28. The third-order valence-corrected chi connectivity index (χ3v) is 7.07. The Labute approximate surface area is 203 Å². The van der Waals surface area contributed by atoms with Gasteiger partial charge in [-0.05, 0) is 48.6 Å². The van der Waals surface area contributed by atoms with E-state index < -0.39 is 0 Å². The first-order valence-corrected chi connectivity index (χ1v) is 12.3. The molecule has 0 bridgehead atoms. The van der Waals surface area contributed by atoms with Crippen molar-refractivity contribution < 1.29 is 0 Å². The molecule has 1 aliphatic heterocycles. The Balaban J connectivity index is 1.54. The number of nitrogens with zero attached hydrogens (tertiary/aromatic N) is 4. The topological polar surface area (TPSA) is 43.1 Å². The van der Waals surface area contributed by atoms with Crippen molar-refractivity contribution in [3.8, 4) is 5.00 Å². The highest BCUT2D eigenvalue weighted by atomic mass is 35.5. The quantitative estimate of drug-likeness (QED) is 0.313. The summed E-state index contributed by atoms with van der Waals surface area (Å²) in [6.07, 6.45) is 5.43. The first-order valence-electron chi connectivity index (χ1n) is 11.1. The van der Waals surface area contributed by atoms with Crippen LogP contribution >= 0.6 is 22.9 Å². The fraction of sp³-hybridized carbons (Fsp3) is 0.222. The van der Waals surface area contributed by atoms with E-state index in [1.54, 1.807) is 11.3 Å². The van der Waals surface area contributed by atoms with E-state index in [1.165, 1.54) is 11.1 Å². The highest BCUT2D eigenvalue weighted by Crippen LogP contribution is 2.35. The molecular weight excluding hydrogens is 448 g/mol. The molecule has 2 aromatic heterocycles. The number of hydrogen-bond acceptors (Lipinski definition) is 4. The highest BCUT2D eigenvalue weighted by molar-refractivity contribution is 7.16. The van der Waals surface area contributed by atoms with Gasteiger partial charge in [-0.1, -0.05) is 74.0 Å². The Kier molecular flexibility index (Phi) is 6.00. The summed E-state index contributed by atoms with van der Waals surface area (Å²) in [4.78, 5) is 6.05. The molecule has 0 atom stereocenters. The van der Waals surface area contributed by atoms with Gasteiger partial charge in [0.1, 0.15) is 17.4 Å². The minimum atomic E-state index is 0.469. The van der Waals surface area contributed by atoms with Crippen molar-refractivity contribution in [2.45, 2.75) is 33.7 Å². The lowest BCUT2D eigenvalue weighted by atomic mass is 10.0. The summed E-state index contributed by atoms with van der Waals surface area (Å²) in [5.74, 6) is 2.36. The van der Waals surface area contributed by atoms with Crippen LogP contribution in [0, 0.1) is 12.8 Å². The lowest BCUT2D eigenvalue weighted by molar-refractivity contribution is 0.647. The molecule has 1 aliphatic rings. The number of aryl methyl sites for hydroxylation is 1. The lowest BCUT2D eigenvalue weighted by Gasteiger charge is -2.08. The van der Waals surface area contributed by atoms with Crippen LogP contribution in [-0.4, -0.2) is 20.5 Å². The van der Waals surface area contributed by atoms with Gasteiger partial charge in [-0.2, -0.15) is 0 Å². The van der Waals surface area contributed by atoms with Crippen molar-refractivity contribution in [3.05, 3.63) is 98.4 Å². The zero-order chi connectivity index (χ0) is 22.9. The predicted molar refractivity (Wildman–Crippen MR) is 139 cm³/mol. The van der Waals surface area contributed by atoms with E-state index in [0.717, 1.165) is 44.8 Å². The van der Waals surface area contributed by atoms with Gasteiger partial charge in [0, 0.05) is 21.0 Å². The Bertz CT molecular complexity index is 1360. The zero-order valence-corrected chi connectivity index (χ0v) is 20.5. The molecule has 166 valence electrons. The van der Waals surface area contributed by atoms with Crippen molar-refractivity contribution in [1.82, 2.24) is 14.8 Å². The normalized spacial score (nSPS) is 13.2. The SMILES string of the molecule is Cc1nnc2n1-c1sc(/C=C/c3ccc(CC(C)C)cc3)cc1C(c1ccccc1Cl)=NC2. The first kappa shape index (κ1) is 21.8. The molecule has 0 radical (unpaired) electrons. The van der Waals surface area contributed by atoms with Crippen LogP contribution in [0.15, 0.2) is 59.6 Å². The maximum Gasteiger partial charge on any atom is 0.160 e. The van der Waals surface area contributed by atoms with Gasteiger partial charge in [0.25, 0.3) is 0 Å². The van der Waals surface area contributed by atoms with E-state index in [1.807, 2.05) is 31.2 Å². The molecule has 0 N–H and O–H groups in total. The van der Waals surface area contributed by atoms with E-state index >= 15 is 0 Å². The minimum absolute atomic E-state index is 0.469. The maximum absolute atomic E-state index is 6.56. The molecule has 4 nitrogen and oxygen atoms in total. The van der Waals surface area contributed by atoms with Crippen LogP contribution in [0.4, 0.5) is 0 Å². The Morgan fingerprint density at radius 2 is 1.82 bits per heavy atom. The van der Waals surface area contributed by atoms with Gasteiger partial charge in [0.05, 0.1) is 5.71 Å². The zero-order valence-electron chi connectivity index (χ0n) is 18.9. The van der Waals surface area contributed by atoms with Gasteiger partial charge >= 0.3 is 0 Å². The average Bonchev–Trinajstić information content (AvgIpc) is 3.33. The third-order valence-electron chi connectivity index (χ3n) is 5.65. The molecule has 2 aromatic carbocycles. The van der Waals surface area contributed by atoms with E-state index in [0.29, 0.717) is 17.5 Å². The minimum Gasteiger partial charge on any atom is -0.276 e.